The van der Waals surface area contributed by atoms with Gasteiger partial charge in [-0.25, -0.2) is 0 Å². The van der Waals surface area contributed by atoms with Gasteiger partial charge in [0.2, 0.25) is 5.91 Å². The summed E-state index contributed by atoms with van der Waals surface area (Å²) in [5, 5.41) is 3.19. The highest BCUT2D eigenvalue weighted by molar-refractivity contribution is 5.94. The number of amides is 1. The summed E-state index contributed by atoms with van der Waals surface area (Å²) >= 11 is 0. The van der Waals surface area contributed by atoms with Crippen LogP contribution in [0.15, 0.2) is 11.1 Å². The van der Waals surface area contributed by atoms with Gasteiger partial charge in [-0.1, -0.05) is 0 Å². The molecular formula is C13H20N2O2. The fraction of sp³-hybridized carbons (Fsp3) is 0.769. The van der Waals surface area contributed by atoms with Crippen LogP contribution in [0.1, 0.15) is 26.2 Å². The first kappa shape index (κ1) is 11.2. The summed E-state index contributed by atoms with van der Waals surface area (Å²) in [6, 6.07) is 0.333. The van der Waals surface area contributed by atoms with Crippen molar-refractivity contribution < 1.29 is 9.53 Å². The molecule has 4 nitrogen and oxygen atoms in total. The summed E-state index contributed by atoms with van der Waals surface area (Å²) in [7, 11) is 0. The Labute approximate surface area is 102 Å². The van der Waals surface area contributed by atoms with E-state index in [9.17, 15) is 4.79 Å². The van der Waals surface area contributed by atoms with Gasteiger partial charge in [-0.15, -0.1) is 0 Å². The number of nitrogens with one attached hydrogen (secondary N) is 1. The van der Waals surface area contributed by atoms with Gasteiger partial charge >= 0.3 is 0 Å². The third-order valence-corrected chi connectivity index (χ3v) is 4.27. The molecule has 3 rings (SSSR count). The Morgan fingerprint density at radius 1 is 1.41 bits per heavy atom. The Hall–Kier alpha value is -0.870. The van der Waals surface area contributed by atoms with Crippen molar-refractivity contribution >= 4 is 5.91 Å². The van der Waals surface area contributed by atoms with Gasteiger partial charge in [0.1, 0.15) is 0 Å². The van der Waals surface area contributed by atoms with Gasteiger partial charge in [-0.2, -0.15) is 0 Å². The first-order valence-corrected chi connectivity index (χ1v) is 6.59. The molecule has 0 radical (unpaired) electrons. The third-order valence-electron chi connectivity index (χ3n) is 4.27. The van der Waals surface area contributed by atoms with E-state index in [1.54, 1.807) is 0 Å². The minimum Gasteiger partial charge on any atom is -0.374 e. The highest BCUT2D eigenvalue weighted by Gasteiger charge is 2.39. The van der Waals surface area contributed by atoms with E-state index in [4.69, 9.17) is 4.74 Å². The molecule has 2 heterocycles. The van der Waals surface area contributed by atoms with Crippen LogP contribution in [-0.2, 0) is 9.53 Å². The molecule has 0 bridgehead atoms. The Bertz CT molecular complexity index is 358. The number of hydrogen-bond donors (Lipinski definition) is 1. The zero-order valence-corrected chi connectivity index (χ0v) is 10.4. The van der Waals surface area contributed by atoms with Crippen molar-refractivity contribution in [2.24, 2.45) is 0 Å². The number of morpholine rings is 1. The van der Waals surface area contributed by atoms with Crippen LogP contribution in [0.2, 0.25) is 0 Å². The van der Waals surface area contributed by atoms with Crippen LogP contribution < -0.4 is 5.32 Å². The fourth-order valence-electron chi connectivity index (χ4n) is 3.06. The SMILES string of the molecule is CC(C(=O)N1CCOC2CCCC21)=C1CNC1. The van der Waals surface area contributed by atoms with Crippen LogP contribution in [0.25, 0.3) is 0 Å². The average Bonchev–Trinajstić information content (AvgIpc) is 2.73. The minimum atomic E-state index is 0.238. The molecule has 3 fully saturated rings. The molecule has 2 atom stereocenters. The maximum Gasteiger partial charge on any atom is 0.249 e. The van der Waals surface area contributed by atoms with E-state index in [2.05, 4.69) is 10.2 Å². The highest BCUT2D eigenvalue weighted by Crippen LogP contribution is 2.30. The van der Waals surface area contributed by atoms with Gasteiger partial charge in [0.15, 0.2) is 0 Å². The summed E-state index contributed by atoms with van der Waals surface area (Å²) < 4.78 is 5.74. The topological polar surface area (TPSA) is 41.6 Å². The van der Waals surface area contributed by atoms with E-state index in [1.165, 1.54) is 12.0 Å². The standard InChI is InChI=1S/C13H20N2O2/c1-9(10-7-14-8-10)13(16)15-5-6-17-12-4-2-3-11(12)15/h11-12,14H,2-8H2,1H3. The molecule has 3 aliphatic rings. The molecule has 2 aliphatic heterocycles. The number of carbonyl (C=O) groups is 1. The lowest BCUT2D eigenvalue weighted by Crippen LogP contribution is -2.52. The molecule has 4 heteroatoms. The molecule has 0 spiro atoms. The van der Waals surface area contributed by atoms with E-state index in [1.807, 2.05) is 6.92 Å². The van der Waals surface area contributed by atoms with Gasteiger partial charge in [0.05, 0.1) is 18.8 Å². The van der Waals surface area contributed by atoms with E-state index in [0.717, 1.165) is 38.0 Å². The van der Waals surface area contributed by atoms with Crippen molar-refractivity contribution in [1.82, 2.24) is 10.2 Å². The Morgan fingerprint density at radius 2 is 2.24 bits per heavy atom. The number of fused-ring (bicyclic) bond motifs is 1. The number of hydrogen-bond acceptors (Lipinski definition) is 3. The van der Waals surface area contributed by atoms with Gasteiger partial charge in [-0.3, -0.25) is 4.79 Å². The lowest BCUT2D eigenvalue weighted by molar-refractivity contribution is -0.139. The summed E-state index contributed by atoms with van der Waals surface area (Å²) in [5.41, 5.74) is 2.23. The normalized spacial score (nSPS) is 32.1. The van der Waals surface area contributed by atoms with Gasteiger partial charge in [0, 0.05) is 25.2 Å². The van der Waals surface area contributed by atoms with Gasteiger partial charge in [0.25, 0.3) is 0 Å². The Balaban J connectivity index is 1.76. The van der Waals surface area contributed by atoms with Crippen LogP contribution in [0.3, 0.4) is 0 Å². The summed E-state index contributed by atoms with van der Waals surface area (Å²) in [5.74, 6) is 0.238. The maximum absolute atomic E-state index is 12.5. The number of nitrogens with zero attached hydrogens (tertiary/aromatic N) is 1. The van der Waals surface area contributed by atoms with Crippen LogP contribution >= 0.6 is 0 Å². The number of ether oxygens (including phenoxy) is 1. The van der Waals surface area contributed by atoms with Crippen LogP contribution in [-0.4, -0.2) is 49.2 Å². The molecule has 1 amide bonds. The van der Waals surface area contributed by atoms with Crippen LogP contribution in [0.4, 0.5) is 0 Å². The Morgan fingerprint density at radius 3 is 2.94 bits per heavy atom. The van der Waals surface area contributed by atoms with Crippen molar-refractivity contribution in [2.45, 2.75) is 38.3 Å². The van der Waals surface area contributed by atoms with Crippen molar-refractivity contribution in [3.63, 3.8) is 0 Å². The largest absolute Gasteiger partial charge is 0.374 e. The van der Waals surface area contributed by atoms with Gasteiger partial charge < -0.3 is 15.0 Å². The number of rotatable bonds is 1. The predicted molar refractivity (Wildman–Crippen MR) is 64.7 cm³/mol. The summed E-state index contributed by atoms with van der Waals surface area (Å²) in [6.07, 6.45) is 3.71. The quantitative estimate of drug-likeness (QED) is 0.681. The monoisotopic (exact) mass is 236 g/mol. The van der Waals surface area contributed by atoms with Gasteiger partial charge in [-0.05, 0) is 31.8 Å². The lowest BCUT2D eigenvalue weighted by Gasteiger charge is -2.38. The molecular weight excluding hydrogens is 216 g/mol. The molecule has 0 aromatic heterocycles. The second kappa shape index (κ2) is 4.42. The third kappa shape index (κ3) is 1.89. The van der Waals surface area contributed by atoms with E-state index >= 15 is 0 Å². The zero-order valence-electron chi connectivity index (χ0n) is 10.4. The number of carbonyl (C=O) groups excluding carboxylic acids is 1. The molecule has 2 unspecified atom stereocenters. The molecule has 1 N–H and O–H groups in total. The first-order valence-electron chi connectivity index (χ1n) is 6.59. The highest BCUT2D eigenvalue weighted by atomic mass is 16.5. The van der Waals surface area contributed by atoms with Crippen LogP contribution in [0.5, 0.6) is 0 Å². The van der Waals surface area contributed by atoms with Crippen molar-refractivity contribution in [1.29, 1.82) is 0 Å². The molecule has 1 saturated carbocycles. The Kier molecular flexibility index (Phi) is 2.92. The molecule has 2 saturated heterocycles. The second-order valence-electron chi connectivity index (χ2n) is 5.24. The lowest BCUT2D eigenvalue weighted by atomic mass is 10.0. The molecule has 0 aromatic rings. The first-order chi connectivity index (χ1) is 8.27. The van der Waals surface area contributed by atoms with Crippen molar-refractivity contribution in [3.8, 4) is 0 Å². The smallest absolute Gasteiger partial charge is 0.249 e. The summed E-state index contributed by atoms with van der Waals surface area (Å²) in [6.45, 7) is 5.20. The average molecular weight is 236 g/mol. The van der Waals surface area contributed by atoms with Crippen molar-refractivity contribution in [3.05, 3.63) is 11.1 Å². The van der Waals surface area contributed by atoms with E-state index < -0.39 is 0 Å². The molecule has 17 heavy (non-hydrogen) atoms. The summed E-state index contributed by atoms with van der Waals surface area (Å²) in [4.78, 5) is 14.5. The minimum absolute atomic E-state index is 0.238. The van der Waals surface area contributed by atoms with E-state index in [-0.39, 0.29) is 5.91 Å². The molecule has 94 valence electrons. The molecule has 1 aliphatic carbocycles. The maximum atomic E-state index is 12.5. The second-order valence-corrected chi connectivity index (χ2v) is 5.24. The predicted octanol–water partition coefficient (Wildman–Crippen LogP) is 0.686. The van der Waals surface area contributed by atoms with E-state index in [0.29, 0.717) is 18.8 Å². The fourth-order valence-corrected chi connectivity index (χ4v) is 3.06. The zero-order chi connectivity index (χ0) is 11.8. The molecule has 0 aromatic carbocycles. The van der Waals surface area contributed by atoms with Crippen molar-refractivity contribution in [2.75, 3.05) is 26.2 Å². The van der Waals surface area contributed by atoms with Crippen LogP contribution in [0, 0.1) is 0 Å².